The number of rotatable bonds is 5. The summed E-state index contributed by atoms with van der Waals surface area (Å²) in [5.74, 6) is -0.407. The largest absolute Gasteiger partial charge is 0.360 e. The van der Waals surface area contributed by atoms with Crippen molar-refractivity contribution in [2.24, 2.45) is 0 Å². The molecule has 1 amide bonds. The van der Waals surface area contributed by atoms with Gasteiger partial charge in [-0.1, -0.05) is 46.3 Å². The van der Waals surface area contributed by atoms with Crippen LogP contribution in [-0.4, -0.2) is 5.91 Å². The number of nitrogens with one attached hydrogen (secondary N) is 2. The summed E-state index contributed by atoms with van der Waals surface area (Å²) in [7, 11) is 0. The summed E-state index contributed by atoms with van der Waals surface area (Å²) in [4.78, 5) is 12.0. The molecule has 0 saturated carbocycles. The maximum atomic E-state index is 12.0. The van der Waals surface area contributed by atoms with Crippen molar-refractivity contribution in [2.75, 3.05) is 5.32 Å². The van der Waals surface area contributed by atoms with Gasteiger partial charge in [-0.3, -0.25) is 4.79 Å². The Morgan fingerprint density at radius 1 is 1.14 bits per heavy atom. The smallest absolute Gasteiger partial charge is 0.263 e. The van der Waals surface area contributed by atoms with Crippen LogP contribution in [0.2, 0.25) is 0 Å². The van der Waals surface area contributed by atoms with Gasteiger partial charge in [0.05, 0.1) is 0 Å². The Morgan fingerprint density at radius 3 is 2.45 bits per heavy atom. The van der Waals surface area contributed by atoms with Crippen molar-refractivity contribution in [3.63, 3.8) is 0 Å². The third-order valence-corrected chi connectivity index (χ3v) is 3.42. The van der Waals surface area contributed by atoms with E-state index in [1.54, 1.807) is 0 Å². The van der Waals surface area contributed by atoms with Crippen LogP contribution in [0.3, 0.4) is 0 Å². The molecule has 2 N–H and O–H groups in total. The van der Waals surface area contributed by atoms with E-state index in [0.717, 1.165) is 15.7 Å². The summed E-state index contributed by atoms with van der Waals surface area (Å²) in [5.41, 5.74) is 1.81. The molecule has 0 atom stereocenters. The van der Waals surface area contributed by atoms with E-state index in [1.165, 1.54) is 6.20 Å². The lowest BCUT2D eigenvalue weighted by atomic mass is 10.2. The Kier molecular flexibility index (Phi) is 5.75. The van der Waals surface area contributed by atoms with E-state index >= 15 is 0 Å². The van der Waals surface area contributed by atoms with Gasteiger partial charge in [0.15, 0.2) is 0 Å². The molecule has 5 heteroatoms. The molecule has 110 valence electrons. The van der Waals surface area contributed by atoms with Gasteiger partial charge in [-0.05, 0) is 29.8 Å². The summed E-state index contributed by atoms with van der Waals surface area (Å²) in [6, 6.07) is 18.9. The number of hydrogen-bond donors (Lipinski definition) is 2. The van der Waals surface area contributed by atoms with Gasteiger partial charge in [0.25, 0.3) is 5.91 Å². The molecule has 0 fully saturated rings. The zero-order chi connectivity index (χ0) is 15.8. The quantitative estimate of drug-likeness (QED) is 0.636. The zero-order valence-electron chi connectivity index (χ0n) is 11.7. The number of nitriles is 1. The van der Waals surface area contributed by atoms with Crippen LogP contribution in [0.4, 0.5) is 5.69 Å². The lowest BCUT2D eigenvalue weighted by molar-refractivity contribution is -0.117. The van der Waals surface area contributed by atoms with Crippen molar-refractivity contribution in [3.8, 4) is 6.07 Å². The van der Waals surface area contributed by atoms with E-state index in [9.17, 15) is 4.79 Å². The second-order valence-electron chi connectivity index (χ2n) is 4.49. The molecule has 0 aliphatic rings. The van der Waals surface area contributed by atoms with Crippen LogP contribution in [0.15, 0.2) is 70.8 Å². The second-order valence-corrected chi connectivity index (χ2v) is 5.40. The van der Waals surface area contributed by atoms with Crippen molar-refractivity contribution in [3.05, 3.63) is 76.4 Å². The Hall–Kier alpha value is -2.58. The highest BCUT2D eigenvalue weighted by Crippen LogP contribution is 2.14. The minimum absolute atomic E-state index is 0.0267. The third kappa shape index (κ3) is 4.76. The van der Waals surface area contributed by atoms with Gasteiger partial charge in [-0.2, -0.15) is 5.26 Å². The van der Waals surface area contributed by atoms with Crippen LogP contribution in [-0.2, 0) is 11.3 Å². The predicted octanol–water partition coefficient (Wildman–Crippen LogP) is 3.58. The lowest BCUT2D eigenvalue weighted by Gasteiger charge is -2.05. The number of carbonyl (C=O) groups excluding carboxylic acids is 1. The maximum absolute atomic E-state index is 12.0. The van der Waals surface area contributed by atoms with Gasteiger partial charge in [0, 0.05) is 22.9 Å². The summed E-state index contributed by atoms with van der Waals surface area (Å²) in [5, 5.41) is 14.7. The summed E-state index contributed by atoms with van der Waals surface area (Å²) >= 11 is 3.35. The van der Waals surface area contributed by atoms with Gasteiger partial charge in [0.1, 0.15) is 11.6 Å². The van der Waals surface area contributed by atoms with E-state index in [-0.39, 0.29) is 5.57 Å². The molecular formula is C17H14BrN3O. The Labute approximate surface area is 137 Å². The molecule has 2 aromatic rings. The van der Waals surface area contributed by atoms with Gasteiger partial charge in [0.2, 0.25) is 0 Å². The maximum Gasteiger partial charge on any atom is 0.263 e. The normalized spacial score (nSPS) is 10.6. The number of anilines is 1. The molecule has 0 unspecified atom stereocenters. The molecular weight excluding hydrogens is 342 g/mol. The Morgan fingerprint density at radius 2 is 1.82 bits per heavy atom. The third-order valence-electron chi connectivity index (χ3n) is 2.89. The summed E-state index contributed by atoms with van der Waals surface area (Å²) in [6.45, 7) is 0.386. The predicted molar refractivity (Wildman–Crippen MR) is 89.7 cm³/mol. The molecule has 0 spiro atoms. The molecule has 0 aromatic heterocycles. The first-order valence-electron chi connectivity index (χ1n) is 6.63. The Balaban J connectivity index is 1.95. The molecule has 2 rings (SSSR count). The van der Waals surface area contributed by atoms with Crippen LogP contribution in [0.5, 0.6) is 0 Å². The average Bonchev–Trinajstić information content (AvgIpc) is 2.56. The van der Waals surface area contributed by atoms with Crippen LogP contribution in [0.1, 0.15) is 5.56 Å². The number of amides is 1. The van der Waals surface area contributed by atoms with Crippen LogP contribution in [0, 0.1) is 11.3 Å². The van der Waals surface area contributed by atoms with Gasteiger partial charge >= 0.3 is 0 Å². The number of hydrogen-bond acceptors (Lipinski definition) is 3. The Bertz CT molecular complexity index is 703. The summed E-state index contributed by atoms with van der Waals surface area (Å²) in [6.07, 6.45) is 1.41. The van der Waals surface area contributed by atoms with Gasteiger partial charge in [-0.25, -0.2) is 0 Å². The van der Waals surface area contributed by atoms with E-state index in [1.807, 2.05) is 60.7 Å². The molecule has 0 aliphatic carbocycles. The fourth-order valence-corrected chi connectivity index (χ4v) is 1.99. The summed E-state index contributed by atoms with van der Waals surface area (Å²) < 4.78 is 0.961. The van der Waals surface area contributed by atoms with E-state index in [2.05, 4.69) is 26.6 Å². The van der Waals surface area contributed by atoms with Crippen LogP contribution < -0.4 is 10.6 Å². The first-order valence-corrected chi connectivity index (χ1v) is 7.43. The molecule has 0 bridgehead atoms. The zero-order valence-corrected chi connectivity index (χ0v) is 13.3. The molecule has 22 heavy (non-hydrogen) atoms. The second kappa shape index (κ2) is 8.01. The van der Waals surface area contributed by atoms with Crippen molar-refractivity contribution in [1.29, 1.82) is 5.26 Å². The van der Waals surface area contributed by atoms with Crippen molar-refractivity contribution in [1.82, 2.24) is 5.32 Å². The highest BCUT2D eigenvalue weighted by molar-refractivity contribution is 9.10. The van der Waals surface area contributed by atoms with Crippen molar-refractivity contribution in [2.45, 2.75) is 6.54 Å². The topological polar surface area (TPSA) is 64.9 Å². The molecule has 4 nitrogen and oxygen atoms in total. The average molecular weight is 356 g/mol. The van der Waals surface area contributed by atoms with Crippen molar-refractivity contribution >= 4 is 27.5 Å². The first kappa shape index (κ1) is 15.8. The molecule has 0 aliphatic heterocycles. The number of nitrogens with zero attached hydrogens (tertiary/aromatic N) is 1. The van der Waals surface area contributed by atoms with E-state index < -0.39 is 5.91 Å². The number of halogens is 1. The van der Waals surface area contributed by atoms with Crippen LogP contribution >= 0.6 is 15.9 Å². The SMILES string of the molecule is N#C/C(=C/Nc1ccc(Br)cc1)C(=O)NCc1ccccc1. The monoisotopic (exact) mass is 355 g/mol. The molecule has 0 saturated heterocycles. The van der Waals surface area contributed by atoms with Gasteiger partial charge in [-0.15, -0.1) is 0 Å². The number of benzene rings is 2. The minimum atomic E-state index is -0.407. The van der Waals surface area contributed by atoms with Crippen LogP contribution in [0.25, 0.3) is 0 Å². The van der Waals surface area contributed by atoms with E-state index in [4.69, 9.17) is 5.26 Å². The number of carbonyl (C=O) groups is 1. The van der Waals surface area contributed by atoms with E-state index in [0.29, 0.717) is 6.54 Å². The lowest BCUT2D eigenvalue weighted by Crippen LogP contribution is -2.24. The molecule has 2 aromatic carbocycles. The fourth-order valence-electron chi connectivity index (χ4n) is 1.72. The van der Waals surface area contributed by atoms with Crippen molar-refractivity contribution < 1.29 is 4.79 Å². The highest BCUT2D eigenvalue weighted by Gasteiger charge is 2.08. The minimum Gasteiger partial charge on any atom is -0.360 e. The first-order chi connectivity index (χ1) is 10.7. The fraction of sp³-hybridized carbons (Fsp3) is 0.0588. The molecule has 0 heterocycles. The highest BCUT2D eigenvalue weighted by atomic mass is 79.9. The van der Waals surface area contributed by atoms with Gasteiger partial charge < -0.3 is 10.6 Å². The molecule has 0 radical (unpaired) electrons. The standard InChI is InChI=1S/C17H14BrN3O/c18-15-6-8-16(9-7-15)20-12-14(10-19)17(22)21-11-13-4-2-1-3-5-13/h1-9,12,20H,11H2,(H,21,22)/b14-12-.